The maximum absolute atomic E-state index is 9.13. The fourth-order valence-electron chi connectivity index (χ4n) is 6.56. The Morgan fingerprint density at radius 1 is 0.580 bits per heavy atom. The summed E-state index contributed by atoms with van der Waals surface area (Å²) in [6.07, 6.45) is 9.10. The summed E-state index contributed by atoms with van der Waals surface area (Å²) in [6.45, 7) is 8.38. The van der Waals surface area contributed by atoms with Gasteiger partial charge in [-0.2, -0.15) is 21.0 Å². The molecule has 50 heavy (non-hydrogen) atoms. The molecule has 2 aliphatic heterocycles. The van der Waals surface area contributed by atoms with Crippen LogP contribution in [-0.2, 0) is 20.7 Å². The Hall–Kier alpha value is -5.34. The van der Waals surface area contributed by atoms with Crippen LogP contribution in [0.15, 0.2) is 82.2 Å². The van der Waals surface area contributed by atoms with Gasteiger partial charge >= 0.3 is 0 Å². The molecule has 0 saturated carbocycles. The van der Waals surface area contributed by atoms with Crippen LogP contribution < -0.4 is 0 Å². The third kappa shape index (κ3) is 5.26. The monoisotopic (exact) mass is 724 g/mol. The molecule has 0 bridgehead atoms. The molecular weight excluding hydrogens is 701 g/mol. The van der Waals surface area contributed by atoms with Crippen molar-refractivity contribution < 1.29 is 9.47 Å². The maximum atomic E-state index is 9.13. The Morgan fingerprint density at radius 2 is 0.980 bits per heavy atom. The van der Waals surface area contributed by atoms with Gasteiger partial charge in [-0.15, -0.1) is 45.3 Å². The lowest BCUT2D eigenvalue weighted by atomic mass is 9.76. The van der Waals surface area contributed by atoms with Crippen LogP contribution in [0.25, 0.3) is 30.7 Å². The molecule has 0 amide bonds. The van der Waals surface area contributed by atoms with Crippen molar-refractivity contribution in [3.05, 3.63) is 93.1 Å². The van der Waals surface area contributed by atoms with E-state index in [1.807, 2.05) is 48.5 Å². The average Bonchev–Trinajstić information content (AvgIpc) is 3.90. The van der Waals surface area contributed by atoms with Crippen molar-refractivity contribution in [1.29, 1.82) is 21.0 Å². The third-order valence-corrected chi connectivity index (χ3v) is 13.6. The molecule has 0 spiro atoms. The largest absolute Gasteiger partial charge is 0.483 e. The fourth-order valence-corrected chi connectivity index (χ4v) is 11.2. The highest BCUT2D eigenvalue weighted by atomic mass is 32.1. The van der Waals surface area contributed by atoms with E-state index in [-0.39, 0.29) is 23.3 Å². The summed E-state index contributed by atoms with van der Waals surface area (Å²) in [5.74, 6) is 1.91. The lowest BCUT2D eigenvalue weighted by Crippen LogP contribution is -2.31. The average molecular weight is 725 g/mol. The summed E-state index contributed by atoms with van der Waals surface area (Å²) in [4.78, 5) is 14.9. The first-order valence-corrected chi connectivity index (χ1v) is 18.8. The number of nitriles is 4. The van der Waals surface area contributed by atoms with Crippen molar-refractivity contribution in [3.8, 4) is 43.8 Å². The molecule has 4 aromatic rings. The minimum Gasteiger partial charge on any atom is -0.483 e. The molecule has 0 radical (unpaired) electrons. The predicted octanol–water partition coefficient (Wildman–Crippen LogP) is 10.5. The maximum Gasteiger partial charge on any atom is 0.219 e. The topological polar surface area (TPSA) is 138 Å². The summed E-state index contributed by atoms with van der Waals surface area (Å²) in [6, 6.07) is 19.3. The van der Waals surface area contributed by atoms with Crippen LogP contribution in [-0.4, -0.2) is 11.4 Å². The molecule has 4 aliphatic rings. The Balaban J connectivity index is 1.14. The van der Waals surface area contributed by atoms with Gasteiger partial charge in [-0.1, -0.05) is 12.2 Å². The van der Waals surface area contributed by atoms with E-state index in [0.29, 0.717) is 10.0 Å². The van der Waals surface area contributed by atoms with Crippen LogP contribution in [0.5, 0.6) is 0 Å². The minimum absolute atomic E-state index is 0.0812. The molecule has 2 aliphatic carbocycles. The lowest BCUT2D eigenvalue weighted by Gasteiger charge is -2.40. The van der Waals surface area contributed by atoms with Gasteiger partial charge < -0.3 is 9.47 Å². The van der Waals surface area contributed by atoms with Gasteiger partial charge in [0.25, 0.3) is 0 Å². The van der Waals surface area contributed by atoms with E-state index in [2.05, 4.69) is 74.1 Å². The van der Waals surface area contributed by atoms with Gasteiger partial charge in [0, 0.05) is 63.4 Å². The smallest absolute Gasteiger partial charge is 0.219 e. The van der Waals surface area contributed by atoms with Crippen molar-refractivity contribution in [2.75, 3.05) is 0 Å². The SMILES string of the molecule is CC1(C)OC2=CC3C=C4C(=CC3C=C2c2sc(-c3ccc(N=C(C#N)C#N)s3)cc21)OC(C)(C)c1cc(-c2ccc(N=C(C#N)C#N)s2)sc14. The number of nitrogens with zero attached hydrogens (tertiary/aromatic N) is 6. The van der Waals surface area contributed by atoms with Crippen LogP contribution >= 0.6 is 45.3 Å². The van der Waals surface area contributed by atoms with Gasteiger partial charge in [0.1, 0.15) is 57.0 Å². The standard InChI is InChI=1S/C38H24N6O2S4/c1-37(2)25-13-31(29-5-7-33(47-29)43-21(15-39)16-40)49-35(25)23-9-20-12-28-24(10-19(20)11-27(23)45-37)36-26(38(3,4)46-28)14-32(50-36)30-6-8-34(48-30)44-22(17-41)18-42/h5-14,19-20H,1-4H3. The molecule has 242 valence electrons. The second-order valence-corrected chi connectivity index (χ2v) is 17.2. The molecule has 2 atom stereocenters. The third-order valence-electron chi connectivity index (χ3n) is 8.90. The Labute approximate surface area is 304 Å². The quantitative estimate of drug-likeness (QED) is 0.192. The zero-order valence-electron chi connectivity index (χ0n) is 27.1. The zero-order chi connectivity index (χ0) is 34.9. The summed E-state index contributed by atoms with van der Waals surface area (Å²) >= 11 is 6.34. The van der Waals surface area contributed by atoms with E-state index in [1.54, 1.807) is 22.7 Å². The summed E-state index contributed by atoms with van der Waals surface area (Å²) in [5.41, 5.74) is 2.99. The lowest BCUT2D eigenvalue weighted by molar-refractivity contribution is 0.0318. The van der Waals surface area contributed by atoms with Gasteiger partial charge in [-0.25, -0.2) is 9.98 Å². The Kier molecular flexibility index (Phi) is 7.42. The number of thiophene rings is 4. The van der Waals surface area contributed by atoms with Crippen molar-refractivity contribution in [3.63, 3.8) is 0 Å². The number of ether oxygens (including phenoxy) is 2. The van der Waals surface area contributed by atoms with Crippen molar-refractivity contribution in [2.45, 2.75) is 38.9 Å². The van der Waals surface area contributed by atoms with E-state index >= 15 is 0 Å². The summed E-state index contributed by atoms with van der Waals surface area (Å²) < 4.78 is 13.4. The molecule has 8 rings (SSSR count). The van der Waals surface area contributed by atoms with Gasteiger partial charge in [0.05, 0.1) is 0 Å². The second-order valence-electron chi connectivity index (χ2n) is 13.0. The van der Waals surface area contributed by atoms with E-state index in [9.17, 15) is 0 Å². The molecule has 8 nitrogen and oxygen atoms in total. The normalized spacial score (nSPS) is 19.8. The van der Waals surface area contributed by atoms with Crippen molar-refractivity contribution >= 4 is 77.9 Å². The number of fused-ring (bicyclic) bond motifs is 7. The molecular formula is C38H24N6O2S4. The van der Waals surface area contributed by atoms with E-state index in [4.69, 9.17) is 30.5 Å². The fraction of sp³-hybridized carbons (Fsp3) is 0.211. The minimum atomic E-state index is -0.547. The second kappa shape index (κ2) is 11.6. The first-order chi connectivity index (χ1) is 24.0. The number of rotatable bonds is 4. The zero-order valence-corrected chi connectivity index (χ0v) is 30.3. The first kappa shape index (κ1) is 31.9. The van der Waals surface area contributed by atoms with Crippen LogP contribution in [0.1, 0.15) is 48.6 Å². The summed E-state index contributed by atoms with van der Waals surface area (Å²) in [7, 11) is 0. The number of allylic oxidation sites excluding steroid dienone is 6. The van der Waals surface area contributed by atoms with Crippen molar-refractivity contribution in [1.82, 2.24) is 0 Å². The van der Waals surface area contributed by atoms with Gasteiger partial charge in [0.2, 0.25) is 11.4 Å². The Morgan fingerprint density at radius 3 is 1.36 bits per heavy atom. The molecule has 0 fully saturated rings. The first-order valence-electron chi connectivity index (χ1n) is 15.5. The highest BCUT2D eigenvalue weighted by Gasteiger charge is 2.43. The molecule has 2 unspecified atom stereocenters. The van der Waals surface area contributed by atoms with E-state index in [0.717, 1.165) is 53.3 Å². The number of hydrogen-bond acceptors (Lipinski definition) is 12. The number of aliphatic imine (C=N–C) groups is 2. The molecule has 6 heterocycles. The van der Waals surface area contributed by atoms with Gasteiger partial charge in [0.15, 0.2) is 0 Å². The molecule has 4 aromatic heterocycles. The van der Waals surface area contributed by atoms with Crippen LogP contribution in [0.4, 0.5) is 10.0 Å². The molecule has 0 saturated heterocycles. The predicted molar refractivity (Wildman–Crippen MR) is 199 cm³/mol. The van der Waals surface area contributed by atoms with E-state index in [1.165, 1.54) is 32.4 Å². The van der Waals surface area contributed by atoms with Crippen LogP contribution in [0, 0.1) is 57.2 Å². The van der Waals surface area contributed by atoms with E-state index < -0.39 is 11.2 Å². The van der Waals surface area contributed by atoms with Crippen LogP contribution in [0.3, 0.4) is 0 Å². The van der Waals surface area contributed by atoms with Gasteiger partial charge in [-0.05, 0) is 76.2 Å². The Bertz CT molecular complexity index is 2310. The molecule has 0 aromatic carbocycles. The summed E-state index contributed by atoms with van der Waals surface area (Å²) in [5, 5.41) is 37.8. The molecule has 12 heteroatoms. The molecule has 0 N–H and O–H groups in total. The highest BCUT2D eigenvalue weighted by molar-refractivity contribution is 7.25. The highest BCUT2D eigenvalue weighted by Crippen LogP contribution is 2.56. The van der Waals surface area contributed by atoms with Crippen molar-refractivity contribution in [2.24, 2.45) is 21.8 Å². The van der Waals surface area contributed by atoms with Crippen LogP contribution in [0.2, 0.25) is 0 Å². The number of hydrogen-bond donors (Lipinski definition) is 0. The van der Waals surface area contributed by atoms with Gasteiger partial charge in [-0.3, -0.25) is 0 Å².